The van der Waals surface area contributed by atoms with Gasteiger partial charge in [-0.05, 0) is 104 Å². The molecule has 0 radical (unpaired) electrons. The van der Waals surface area contributed by atoms with E-state index in [-0.39, 0.29) is 10.8 Å². The molecule has 1 unspecified atom stereocenters. The monoisotopic (exact) mass is 838 g/mol. The highest BCUT2D eigenvalue weighted by Crippen LogP contribution is 2.52. The molecule has 0 fully saturated rings. The summed E-state index contributed by atoms with van der Waals surface area (Å²) in [7, 11) is -3.89. The van der Waals surface area contributed by atoms with Crippen molar-refractivity contribution in [3.05, 3.63) is 149 Å². The molecule has 0 bridgehead atoms. The van der Waals surface area contributed by atoms with E-state index < -0.39 is 16.5 Å². The third-order valence-electron chi connectivity index (χ3n) is 11.1. The molecule has 0 saturated carbocycles. The average Bonchev–Trinajstić information content (AvgIpc) is 3.49. The molecular formula is C52H56O6P2. The fraction of sp³-hybridized carbons (Fsp3) is 0.308. The molecule has 8 rings (SSSR count). The van der Waals surface area contributed by atoms with Gasteiger partial charge in [0, 0.05) is 44.0 Å². The molecule has 0 N–H and O–H groups in total. The number of hydrogen-bond donors (Lipinski definition) is 0. The Hall–Kier alpha value is -5.28. The van der Waals surface area contributed by atoms with Gasteiger partial charge < -0.3 is 25.8 Å². The Balaban J connectivity index is 1.43. The highest BCUT2D eigenvalue weighted by molar-refractivity contribution is 7.32. The van der Waals surface area contributed by atoms with E-state index in [4.69, 9.17) is 25.8 Å². The lowest BCUT2D eigenvalue weighted by Crippen LogP contribution is -2.15. The predicted octanol–water partition coefficient (Wildman–Crippen LogP) is 17.1. The van der Waals surface area contributed by atoms with Crippen LogP contribution in [0.4, 0.5) is 0 Å². The molecule has 0 amide bonds. The molecular weight excluding hydrogens is 783 g/mol. The van der Waals surface area contributed by atoms with Crippen LogP contribution in [0.5, 0.6) is 11.5 Å². The van der Waals surface area contributed by atoms with Crippen LogP contribution in [0.2, 0.25) is 0 Å². The molecule has 310 valence electrons. The zero-order valence-corrected chi connectivity index (χ0v) is 37.9. The maximum Gasteiger partial charge on any atom is 0.453 e. The smallest absolute Gasteiger partial charge is 0.390 e. The number of para-hydroxylation sites is 3. The van der Waals surface area contributed by atoms with Crippen LogP contribution in [-0.4, -0.2) is 0 Å². The normalized spacial score (nSPS) is 13.3. The summed E-state index contributed by atoms with van der Waals surface area (Å²) in [6.07, 6.45) is 14.2. The van der Waals surface area contributed by atoms with Crippen LogP contribution in [0.1, 0.15) is 108 Å². The van der Waals surface area contributed by atoms with Crippen molar-refractivity contribution < 1.29 is 25.8 Å². The number of rotatable bonds is 10. The first-order chi connectivity index (χ1) is 28.9. The van der Waals surface area contributed by atoms with Gasteiger partial charge in [-0.2, -0.15) is 0 Å². The minimum Gasteiger partial charge on any atom is -0.390 e. The molecule has 0 spiro atoms. The van der Waals surface area contributed by atoms with Crippen LogP contribution >= 0.6 is 16.5 Å². The predicted molar refractivity (Wildman–Crippen MR) is 251 cm³/mol. The molecule has 6 nitrogen and oxygen atoms in total. The fourth-order valence-corrected chi connectivity index (χ4v) is 10.1. The molecule has 60 heavy (non-hydrogen) atoms. The summed E-state index contributed by atoms with van der Waals surface area (Å²) in [6, 6.07) is 33.5. The van der Waals surface area contributed by atoms with Crippen LogP contribution in [0, 0.1) is 0 Å². The van der Waals surface area contributed by atoms with E-state index in [0.29, 0.717) is 5.75 Å². The second-order valence-corrected chi connectivity index (χ2v) is 19.6. The summed E-state index contributed by atoms with van der Waals surface area (Å²) in [5.74, 6) is 2.23. The summed E-state index contributed by atoms with van der Waals surface area (Å²) < 4.78 is 41.5. The van der Waals surface area contributed by atoms with Crippen molar-refractivity contribution in [3.8, 4) is 22.6 Å². The van der Waals surface area contributed by atoms with Crippen molar-refractivity contribution in [2.75, 3.05) is 0 Å². The molecule has 1 aliphatic rings. The van der Waals surface area contributed by atoms with Crippen LogP contribution in [0.15, 0.2) is 132 Å². The Bertz CT molecular complexity index is 2770. The minimum atomic E-state index is -1.96. The van der Waals surface area contributed by atoms with Gasteiger partial charge in [0.15, 0.2) is 0 Å². The summed E-state index contributed by atoms with van der Waals surface area (Å²) in [5.41, 5.74) is 9.12. The van der Waals surface area contributed by atoms with Gasteiger partial charge in [-0.1, -0.05) is 133 Å². The van der Waals surface area contributed by atoms with E-state index in [1.807, 2.05) is 48.5 Å². The molecule has 1 atom stereocenters. The topological polar surface area (TPSA) is 71.0 Å². The van der Waals surface area contributed by atoms with E-state index in [1.165, 1.54) is 11.1 Å². The van der Waals surface area contributed by atoms with Crippen molar-refractivity contribution >= 4 is 55.5 Å². The van der Waals surface area contributed by atoms with Gasteiger partial charge in [0.25, 0.3) is 0 Å². The molecule has 8 heteroatoms. The molecule has 0 aliphatic heterocycles. The Morgan fingerprint density at radius 2 is 1.13 bits per heavy atom. The van der Waals surface area contributed by atoms with Gasteiger partial charge in [-0.15, -0.1) is 0 Å². The second-order valence-electron chi connectivity index (χ2n) is 17.6. The van der Waals surface area contributed by atoms with Crippen LogP contribution < -0.4 is 9.05 Å². The average molecular weight is 839 g/mol. The SMILES string of the molecule is C/C=C\CCCc1cc(-c2cc(CC)cc(C(C)(C)C)c2Op2oc3ccccc3c3ccccc3o2)c(Op2oc3c(c4ccccc4o2)CCC=C3)c(C(C)(C)C)c1. The molecule has 2 heterocycles. The van der Waals surface area contributed by atoms with Crippen LogP contribution in [0.25, 0.3) is 50.1 Å². The summed E-state index contributed by atoms with van der Waals surface area (Å²) in [6.45, 7) is 17.7. The summed E-state index contributed by atoms with van der Waals surface area (Å²) >= 11 is 0. The lowest BCUT2D eigenvalue weighted by molar-refractivity contribution is 0.463. The molecule has 0 saturated heterocycles. The van der Waals surface area contributed by atoms with E-state index in [9.17, 15) is 0 Å². The van der Waals surface area contributed by atoms with E-state index in [1.54, 1.807) is 0 Å². The second kappa shape index (κ2) is 17.4. The Kier molecular flexibility index (Phi) is 12.0. The number of aryl methyl sites for hydroxylation is 3. The highest BCUT2D eigenvalue weighted by atomic mass is 31.1. The number of unbranched alkanes of at least 4 members (excludes halogenated alkanes) is 1. The first-order valence-electron chi connectivity index (χ1n) is 21.2. The van der Waals surface area contributed by atoms with Crippen LogP contribution in [0.3, 0.4) is 0 Å². The standard InChI is InChI=1S/C52H56O6P2/c1-9-11-12-13-22-36-32-42(50(44(34-36)52(6,7)8)58-60-55-47-29-20-16-25-39(47)40-26-17-21-30-48(40)56-60)41-31-35(10-2)33-43(51(3,4)5)49(41)57-59-53-45-27-18-14-23-37(45)38-24-15-19-28-46(38)54-59/h9,11,14-16,18-21,23-25,27-34H,10,12-13,17,22,26H2,1-8H3/b11-9-. The third-order valence-corrected chi connectivity index (χ3v) is 13.2. The first kappa shape index (κ1) is 41.5. The van der Waals surface area contributed by atoms with E-state index in [0.717, 1.165) is 111 Å². The van der Waals surface area contributed by atoms with Gasteiger partial charge in [-0.3, -0.25) is 0 Å². The minimum absolute atomic E-state index is 0.304. The lowest BCUT2D eigenvalue weighted by Gasteiger charge is -2.28. The van der Waals surface area contributed by atoms with Gasteiger partial charge in [0.05, 0.1) is 0 Å². The Labute approximate surface area is 356 Å². The van der Waals surface area contributed by atoms with E-state index >= 15 is 0 Å². The Morgan fingerprint density at radius 1 is 0.633 bits per heavy atom. The number of hydrogen-bond acceptors (Lipinski definition) is 6. The van der Waals surface area contributed by atoms with Gasteiger partial charge in [-0.25, -0.2) is 0 Å². The largest absolute Gasteiger partial charge is 0.453 e. The fourth-order valence-electron chi connectivity index (χ4n) is 7.94. The van der Waals surface area contributed by atoms with Crippen molar-refractivity contribution in [1.29, 1.82) is 0 Å². The van der Waals surface area contributed by atoms with Crippen molar-refractivity contribution in [1.82, 2.24) is 0 Å². The number of allylic oxidation sites excluding steroid dienone is 3. The van der Waals surface area contributed by atoms with Crippen molar-refractivity contribution in [2.45, 2.75) is 105 Å². The Morgan fingerprint density at radius 3 is 1.68 bits per heavy atom. The van der Waals surface area contributed by atoms with Crippen molar-refractivity contribution in [2.24, 2.45) is 0 Å². The van der Waals surface area contributed by atoms with Gasteiger partial charge in [0.1, 0.15) is 34.0 Å². The molecule has 5 aromatic carbocycles. The zero-order chi connectivity index (χ0) is 42.0. The lowest BCUT2D eigenvalue weighted by atomic mass is 9.80. The van der Waals surface area contributed by atoms with Gasteiger partial charge in [0.2, 0.25) is 0 Å². The number of fused-ring (bicyclic) bond motifs is 6. The quantitative estimate of drug-likeness (QED) is 0.101. The highest BCUT2D eigenvalue weighted by Gasteiger charge is 2.31. The maximum atomic E-state index is 7.27. The van der Waals surface area contributed by atoms with Crippen molar-refractivity contribution in [3.63, 3.8) is 0 Å². The van der Waals surface area contributed by atoms with E-state index in [2.05, 4.69) is 128 Å². The molecule has 2 aromatic heterocycles. The molecule has 7 aromatic rings. The third kappa shape index (κ3) is 8.78. The first-order valence-corrected chi connectivity index (χ1v) is 23.4. The number of benzene rings is 5. The maximum absolute atomic E-state index is 7.27. The summed E-state index contributed by atoms with van der Waals surface area (Å²) in [4.78, 5) is 0. The molecule has 1 aliphatic carbocycles. The zero-order valence-electron chi connectivity index (χ0n) is 36.1. The van der Waals surface area contributed by atoms with Gasteiger partial charge >= 0.3 is 16.5 Å². The summed E-state index contributed by atoms with van der Waals surface area (Å²) in [5, 5.41) is 2.98. The van der Waals surface area contributed by atoms with Crippen LogP contribution in [-0.2, 0) is 30.1 Å².